The molecule has 1 aliphatic rings. The van der Waals surface area contributed by atoms with Gasteiger partial charge in [-0.2, -0.15) is 0 Å². The molecule has 1 atom stereocenters. The smallest absolute Gasteiger partial charge is 0.295 e. The number of Topliss-reactive ketones (excluding diaryl/α,β-unsaturated/α-hetero) is 1. The van der Waals surface area contributed by atoms with Crippen molar-refractivity contribution in [2.45, 2.75) is 12.5 Å². The zero-order valence-electron chi connectivity index (χ0n) is 16.9. The third-order valence-corrected chi connectivity index (χ3v) is 6.69. The number of carbonyl (C=O) groups excluding carboxylic acids is 2. The summed E-state index contributed by atoms with van der Waals surface area (Å²) in [6, 6.07) is 16.1. The number of thiophene rings is 1. The lowest BCUT2D eigenvalue weighted by Crippen LogP contribution is -2.31. The number of benzene rings is 2. The molecule has 5 nitrogen and oxygen atoms in total. The van der Waals surface area contributed by atoms with Gasteiger partial charge in [0.05, 0.1) is 11.6 Å². The quantitative estimate of drug-likeness (QED) is 0.256. The van der Waals surface area contributed by atoms with Crippen LogP contribution in [-0.2, 0) is 16.0 Å². The van der Waals surface area contributed by atoms with E-state index in [1.807, 2.05) is 48.0 Å². The summed E-state index contributed by atoms with van der Waals surface area (Å²) in [5, 5.41) is 13.9. The van der Waals surface area contributed by atoms with Gasteiger partial charge >= 0.3 is 0 Å². The number of hydrogen-bond donors (Lipinski definition) is 2. The van der Waals surface area contributed by atoms with Crippen molar-refractivity contribution in [2.75, 3.05) is 6.54 Å². The molecule has 32 heavy (non-hydrogen) atoms. The number of ketones is 1. The van der Waals surface area contributed by atoms with Crippen LogP contribution in [0.2, 0.25) is 0 Å². The number of H-pyrrole nitrogens is 1. The van der Waals surface area contributed by atoms with Gasteiger partial charge in [-0.3, -0.25) is 9.59 Å². The van der Waals surface area contributed by atoms with E-state index in [1.54, 1.807) is 0 Å². The van der Waals surface area contributed by atoms with Gasteiger partial charge in [-0.25, -0.2) is 4.39 Å². The molecule has 1 unspecified atom stereocenters. The maximum absolute atomic E-state index is 13.3. The number of aromatic nitrogens is 1. The Balaban J connectivity index is 1.53. The Kier molecular flexibility index (Phi) is 5.11. The first-order valence-corrected chi connectivity index (χ1v) is 11.1. The maximum Gasteiger partial charge on any atom is 0.295 e. The summed E-state index contributed by atoms with van der Waals surface area (Å²) in [4.78, 5) is 31.5. The second-order valence-electron chi connectivity index (χ2n) is 7.62. The van der Waals surface area contributed by atoms with Crippen molar-refractivity contribution in [2.24, 2.45) is 0 Å². The van der Waals surface area contributed by atoms with E-state index in [0.717, 1.165) is 21.3 Å². The summed E-state index contributed by atoms with van der Waals surface area (Å²) >= 11 is 1.42. The van der Waals surface area contributed by atoms with Crippen LogP contribution < -0.4 is 0 Å². The lowest BCUT2D eigenvalue weighted by molar-refractivity contribution is -0.139. The lowest BCUT2D eigenvalue weighted by Gasteiger charge is -2.24. The Morgan fingerprint density at radius 1 is 1.06 bits per heavy atom. The van der Waals surface area contributed by atoms with Gasteiger partial charge in [0.25, 0.3) is 11.7 Å². The number of halogens is 1. The first-order chi connectivity index (χ1) is 15.5. The fourth-order valence-corrected chi connectivity index (χ4v) is 5.04. The van der Waals surface area contributed by atoms with E-state index in [2.05, 4.69) is 4.98 Å². The summed E-state index contributed by atoms with van der Waals surface area (Å²) in [6.45, 7) is 0.315. The van der Waals surface area contributed by atoms with Gasteiger partial charge < -0.3 is 15.0 Å². The van der Waals surface area contributed by atoms with Crippen molar-refractivity contribution in [3.63, 3.8) is 0 Å². The van der Waals surface area contributed by atoms with Gasteiger partial charge in [-0.05, 0) is 53.8 Å². The number of rotatable bonds is 5. The Bertz CT molecular complexity index is 1340. The van der Waals surface area contributed by atoms with Gasteiger partial charge in [-0.1, -0.05) is 24.3 Å². The number of aromatic amines is 1. The predicted octanol–water partition coefficient (Wildman–Crippen LogP) is 5.03. The Labute approximate surface area is 187 Å². The maximum atomic E-state index is 13.3. The number of carbonyl (C=O) groups is 2. The van der Waals surface area contributed by atoms with Crippen LogP contribution in [0.1, 0.15) is 22.0 Å². The highest BCUT2D eigenvalue weighted by atomic mass is 32.1. The molecule has 1 amide bonds. The molecule has 0 aliphatic carbocycles. The van der Waals surface area contributed by atoms with E-state index < -0.39 is 23.5 Å². The highest BCUT2D eigenvalue weighted by Crippen LogP contribution is 2.41. The molecule has 2 N–H and O–H groups in total. The van der Waals surface area contributed by atoms with Gasteiger partial charge in [0.2, 0.25) is 0 Å². The minimum absolute atomic E-state index is 0.0305. The third-order valence-electron chi connectivity index (χ3n) is 5.77. The van der Waals surface area contributed by atoms with Gasteiger partial charge in [0, 0.05) is 34.1 Å². The fourth-order valence-electron chi connectivity index (χ4n) is 4.20. The Morgan fingerprint density at radius 2 is 1.84 bits per heavy atom. The van der Waals surface area contributed by atoms with Gasteiger partial charge in [0.1, 0.15) is 11.6 Å². The first kappa shape index (κ1) is 20.2. The largest absolute Gasteiger partial charge is 0.507 e. The van der Waals surface area contributed by atoms with Crippen LogP contribution in [0.5, 0.6) is 0 Å². The summed E-state index contributed by atoms with van der Waals surface area (Å²) in [7, 11) is 0. The van der Waals surface area contributed by atoms with E-state index in [-0.39, 0.29) is 11.3 Å². The standard InChI is InChI=1S/C25H19FN2O3S/c26-17-9-7-15(8-10-17)23(29)21-22(20-6-3-13-32-20)28(25(31)24(21)30)12-11-16-14-27-19-5-2-1-4-18(16)19/h1-10,13-14,22,27,29H,11-12H2. The van der Waals surface area contributed by atoms with Crippen molar-refractivity contribution in [3.05, 3.63) is 99.6 Å². The molecule has 1 aliphatic heterocycles. The van der Waals surface area contributed by atoms with Crippen molar-refractivity contribution >= 4 is 39.7 Å². The first-order valence-electron chi connectivity index (χ1n) is 10.2. The van der Waals surface area contributed by atoms with Crippen molar-refractivity contribution in [1.29, 1.82) is 0 Å². The monoisotopic (exact) mass is 446 g/mol. The van der Waals surface area contributed by atoms with Crippen LogP contribution in [0.3, 0.4) is 0 Å². The molecule has 2 aromatic carbocycles. The molecular weight excluding hydrogens is 427 g/mol. The number of para-hydroxylation sites is 1. The molecule has 7 heteroatoms. The van der Waals surface area contributed by atoms with Crippen LogP contribution in [-0.4, -0.2) is 33.2 Å². The third kappa shape index (κ3) is 3.40. The molecule has 160 valence electrons. The van der Waals surface area contributed by atoms with E-state index in [1.165, 1.54) is 40.5 Å². The predicted molar refractivity (Wildman–Crippen MR) is 122 cm³/mol. The van der Waals surface area contributed by atoms with Crippen LogP contribution in [0, 0.1) is 5.82 Å². The van der Waals surface area contributed by atoms with Crippen LogP contribution in [0.4, 0.5) is 4.39 Å². The molecule has 1 saturated heterocycles. The molecule has 0 bridgehead atoms. The van der Waals surface area contributed by atoms with E-state index >= 15 is 0 Å². The summed E-state index contributed by atoms with van der Waals surface area (Å²) in [5.41, 5.74) is 2.38. The van der Waals surface area contributed by atoms with Crippen LogP contribution >= 0.6 is 11.3 Å². The number of hydrogen-bond acceptors (Lipinski definition) is 4. The zero-order chi connectivity index (χ0) is 22.2. The average Bonchev–Trinajstić information content (AvgIpc) is 3.52. The molecule has 0 saturated carbocycles. The Morgan fingerprint density at radius 3 is 2.59 bits per heavy atom. The number of amides is 1. The number of aliphatic hydroxyl groups is 1. The average molecular weight is 447 g/mol. The zero-order valence-corrected chi connectivity index (χ0v) is 17.7. The van der Waals surface area contributed by atoms with E-state index in [0.29, 0.717) is 18.5 Å². The molecule has 5 rings (SSSR count). The van der Waals surface area contributed by atoms with E-state index in [9.17, 15) is 19.1 Å². The number of aliphatic hydroxyl groups excluding tert-OH is 1. The number of fused-ring (bicyclic) bond motifs is 1. The second-order valence-corrected chi connectivity index (χ2v) is 8.60. The molecule has 3 heterocycles. The van der Waals surface area contributed by atoms with Crippen molar-refractivity contribution in [1.82, 2.24) is 9.88 Å². The molecule has 1 fully saturated rings. The highest BCUT2D eigenvalue weighted by Gasteiger charge is 2.46. The number of nitrogens with one attached hydrogen (secondary N) is 1. The molecule has 2 aromatic heterocycles. The summed E-state index contributed by atoms with van der Waals surface area (Å²) < 4.78 is 13.3. The Hall–Kier alpha value is -3.71. The second kappa shape index (κ2) is 8.09. The normalized spacial score (nSPS) is 18.0. The van der Waals surface area contributed by atoms with Gasteiger partial charge in [0.15, 0.2) is 0 Å². The summed E-state index contributed by atoms with van der Waals surface area (Å²) in [5.74, 6) is -2.12. The number of nitrogens with zero attached hydrogens (tertiary/aromatic N) is 1. The molecular formula is C25H19FN2O3S. The van der Waals surface area contributed by atoms with Crippen LogP contribution in [0.25, 0.3) is 16.7 Å². The van der Waals surface area contributed by atoms with Gasteiger partial charge in [-0.15, -0.1) is 11.3 Å². The topological polar surface area (TPSA) is 73.4 Å². The lowest BCUT2D eigenvalue weighted by atomic mass is 9.99. The molecule has 0 spiro atoms. The fraction of sp³-hybridized carbons (Fsp3) is 0.120. The number of likely N-dealkylation sites (tertiary alicyclic amines) is 1. The van der Waals surface area contributed by atoms with Crippen molar-refractivity contribution in [3.8, 4) is 0 Å². The van der Waals surface area contributed by atoms with E-state index in [4.69, 9.17) is 0 Å². The highest BCUT2D eigenvalue weighted by molar-refractivity contribution is 7.10. The van der Waals surface area contributed by atoms with Crippen molar-refractivity contribution < 1.29 is 19.1 Å². The minimum Gasteiger partial charge on any atom is -0.507 e. The molecule has 0 radical (unpaired) electrons. The minimum atomic E-state index is -0.732. The summed E-state index contributed by atoms with van der Waals surface area (Å²) in [6.07, 6.45) is 2.47. The molecule has 4 aromatic rings. The van der Waals surface area contributed by atoms with Crippen LogP contribution in [0.15, 0.2) is 77.8 Å². The SMILES string of the molecule is O=C1C(=O)N(CCc2c[nH]c3ccccc23)C(c2cccs2)C1=C(O)c1ccc(F)cc1.